The maximum Gasteiger partial charge on any atom is 0.337 e. The van der Waals surface area contributed by atoms with Gasteiger partial charge < -0.3 is 10.1 Å². The summed E-state index contributed by atoms with van der Waals surface area (Å²) in [7, 11) is 1.35. The van der Waals surface area contributed by atoms with Crippen molar-refractivity contribution < 1.29 is 14.3 Å². The van der Waals surface area contributed by atoms with Crippen LogP contribution in [-0.4, -0.2) is 24.7 Å². The van der Waals surface area contributed by atoms with Crippen LogP contribution in [0.2, 0.25) is 0 Å². The smallest absolute Gasteiger partial charge is 0.337 e. The molecule has 1 heterocycles. The first-order valence-corrected chi connectivity index (χ1v) is 5.85. The van der Waals surface area contributed by atoms with Gasteiger partial charge in [0.05, 0.1) is 18.4 Å². The van der Waals surface area contributed by atoms with E-state index in [1.54, 1.807) is 23.9 Å². The van der Waals surface area contributed by atoms with Crippen molar-refractivity contribution in [1.82, 2.24) is 5.32 Å². The highest BCUT2D eigenvalue weighted by Crippen LogP contribution is 2.30. The Morgan fingerprint density at radius 2 is 2.12 bits per heavy atom. The zero-order chi connectivity index (χ0) is 11.5. The monoisotopic (exact) mass is 237 g/mol. The molecule has 1 atom stereocenters. The first kappa shape index (κ1) is 11.0. The lowest BCUT2D eigenvalue weighted by Gasteiger charge is -2.09. The van der Waals surface area contributed by atoms with Crippen molar-refractivity contribution in [3.05, 3.63) is 35.4 Å². The number of nitrogens with one attached hydrogen (secondary N) is 1. The topological polar surface area (TPSA) is 55.4 Å². The molecule has 1 N–H and O–H groups in total. The lowest BCUT2D eigenvalue weighted by Crippen LogP contribution is -2.18. The normalized spacial score (nSPS) is 19.3. The summed E-state index contributed by atoms with van der Waals surface area (Å²) in [5, 5.41) is 2.84. The van der Waals surface area contributed by atoms with Crippen LogP contribution >= 0.6 is 11.8 Å². The highest BCUT2D eigenvalue weighted by atomic mass is 32.2. The fraction of sp³-hybridized carbons (Fsp3) is 0.273. The van der Waals surface area contributed by atoms with Gasteiger partial charge in [-0.25, -0.2) is 4.79 Å². The van der Waals surface area contributed by atoms with Gasteiger partial charge in [-0.1, -0.05) is 12.1 Å². The van der Waals surface area contributed by atoms with Crippen molar-refractivity contribution in [3.8, 4) is 0 Å². The number of carbonyl (C=O) groups excluding carboxylic acids is 2. The molecule has 0 spiro atoms. The second kappa shape index (κ2) is 4.57. The van der Waals surface area contributed by atoms with E-state index in [0.717, 1.165) is 5.56 Å². The number of benzene rings is 1. The molecule has 1 aliphatic heterocycles. The quantitative estimate of drug-likeness (QED) is 0.788. The van der Waals surface area contributed by atoms with Crippen molar-refractivity contribution in [2.24, 2.45) is 0 Å². The maximum atomic E-state index is 11.2. The van der Waals surface area contributed by atoms with Gasteiger partial charge in [-0.05, 0) is 17.7 Å². The SMILES string of the molecule is COC(=O)c1ccc(C2NC(=O)CS2)cc1. The molecule has 5 heteroatoms. The number of amides is 1. The van der Waals surface area contributed by atoms with Crippen LogP contribution < -0.4 is 5.32 Å². The first-order valence-electron chi connectivity index (χ1n) is 4.80. The molecule has 1 aromatic rings. The van der Waals surface area contributed by atoms with Crippen LogP contribution in [0, 0.1) is 0 Å². The Bertz CT molecular complexity index is 416. The Morgan fingerprint density at radius 1 is 1.44 bits per heavy atom. The number of hydrogen-bond donors (Lipinski definition) is 1. The van der Waals surface area contributed by atoms with Crippen molar-refractivity contribution >= 4 is 23.6 Å². The third-order valence-corrected chi connectivity index (χ3v) is 3.46. The summed E-state index contributed by atoms with van der Waals surface area (Å²) in [5.74, 6) is 0.186. The van der Waals surface area contributed by atoms with Crippen molar-refractivity contribution in [2.45, 2.75) is 5.37 Å². The van der Waals surface area contributed by atoms with Crippen LogP contribution in [0.5, 0.6) is 0 Å². The molecule has 0 bridgehead atoms. The van der Waals surface area contributed by atoms with Gasteiger partial charge >= 0.3 is 5.97 Å². The Labute approximate surface area is 97.4 Å². The van der Waals surface area contributed by atoms with Crippen LogP contribution in [0.15, 0.2) is 24.3 Å². The molecular weight excluding hydrogens is 226 g/mol. The minimum atomic E-state index is -0.352. The standard InChI is InChI=1S/C11H11NO3S/c1-15-11(14)8-4-2-7(3-5-8)10-12-9(13)6-16-10/h2-5,10H,6H2,1H3,(H,12,13). The molecule has 1 saturated heterocycles. The third kappa shape index (κ3) is 2.19. The molecule has 1 amide bonds. The zero-order valence-corrected chi connectivity index (χ0v) is 9.54. The van der Waals surface area contributed by atoms with E-state index in [1.807, 2.05) is 12.1 Å². The first-order chi connectivity index (χ1) is 7.70. The number of rotatable bonds is 2. The average Bonchev–Trinajstić information content (AvgIpc) is 2.75. The number of esters is 1. The molecule has 0 saturated carbocycles. The van der Waals surface area contributed by atoms with Gasteiger partial charge in [0, 0.05) is 0 Å². The van der Waals surface area contributed by atoms with E-state index in [4.69, 9.17) is 0 Å². The van der Waals surface area contributed by atoms with E-state index >= 15 is 0 Å². The largest absolute Gasteiger partial charge is 0.465 e. The molecular formula is C11H11NO3S. The van der Waals surface area contributed by atoms with E-state index in [0.29, 0.717) is 11.3 Å². The highest BCUT2D eigenvalue weighted by Gasteiger charge is 2.22. The fourth-order valence-corrected chi connectivity index (χ4v) is 2.45. The summed E-state index contributed by atoms with van der Waals surface area (Å²) >= 11 is 1.55. The number of ether oxygens (including phenoxy) is 1. The van der Waals surface area contributed by atoms with Gasteiger partial charge in [-0.3, -0.25) is 4.79 Å². The molecule has 0 aliphatic carbocycles. The summed E-state index contributed by atoms with van der Waals surface area (Å²) in [6, 6.07) is 7.06. The van der Waals surface area contributed by atoms with Crippen molar-refractivity contribution in [3.63, 3.8) is 0 Å². The molecule has 1 aromatic carbocycles. The summed E-state index contributed by atoms with van der Waals surface area (Å²) < 4.78 is 4.60. The second-order valence-corrected chi connectivity index (χ2v) is 4.47. The van der Waals surface area contributed by atoms with E-state index in [2.05, 4.69) is 10.1 Å². The summed E-state index contributed by atoms with van der Waals surface area (Å²) in [5.41, 5.74) is 1.50. The minimum Gasteiger partial charge on any atom is -0.465 e. The van der Waals surface area contributed by atoms with Gasteiger partial charge in [-0.15, -0.1) is 11.8 Å². The van der Waals surface area contributed by atoms with Crippen LogP contribution in [-0.2, 0) is 9.53 Å². The molecule has 2 rings (SSSR count). The summed E-state index contributed by atoms with van der Waals surface area (Å²) in [6.07, 6.45) is 0. The molecule has 84 valence electrons. The predicted octanol–water partition coefficient (Wildman–Crippen LogP) is 1.33. The van der Waals surface area contributed by atoms with Gasteiger partial charge in [0.1, 0.15) is 5.37 Å². The highest BCUT2D eigenvalue weighted by molar-refractivity contribution is 8.00. The molecule has 0 aromatic heterocycles. The Balaban J connectivity index is 2.13. The third-order valence-electron chi connectivity index (χ3n) is 2.31. The number of carbonyl (C=O) groups is 2. The molecule has 4 nitrogen and oxygen atoms in total. The Hall–Kier alpha value is -1.49. The van der Waals surface area contributed by atoms with Crippen molar-refractivity contribution in [1.29, 1.82) is 0 Å². The minimum absolute atomic E-state index is 0.000744. The average molecular weight is 237 g/mol. The maximum absolute atomic E-state index is 11.2. The molecule has 16 heavy (non-hydrogen) atoms. The van der Waals surface area contributed by atoms with E-state index < -0.39 is 0 Å². The van der Waals surface area contributed by atoms with E-state index in [9.17, 15) is 9.59 Å². The summed E-state index contributed by atoms with van der Waals surface area (Å²) in [6.45, 7) is 0. The number of methoxy groups -OCH3 is 1. The second-order valence-electron chi connectivity index (χ2n) is 3.37. The number of hydrogen-bond acceptors (Lipinski definition) is 4. The molecule has 1 fully saturated rings. The van der Waals surface area contributed by atoms with Gasteiger partial charge in [-0.2, -0.15) is 0 Å². The van der Waals surface area contributed by atoms with Crippen LogP contribution in [0.4, 0.5) is 0 Å². The number of thioether (sulfide) groups is 1. The predicted molar refractivity (Wildman–Crippen MR) is 61.1 cm³/mol. The zero-order valence-electron chi connectivity index (χ0n) is 8.73. The lowest BCUT2D eigenvalue weighted by atomic mass is 10.1. The van der Waals surface area contributed by atoms with Crippen molar-refractivity contribution in [2.75, 3.05) is 12.9 Å². The van der Waals surface area contributed by atoms with E-state index in [-0.39, 0.29) is 17.3 Å². The van der Waals surface area contributed by atoms with Crippen LogP contribution in [0.1, 0.15) is 21.3 Å². The summed E-state index contributed by atoms with van der Waals surface area (Å²) in [4.78, 5) is 22.2. The Morgan fingerprint density at radius 3 is 2.62 bits per heavy atom. The van der Waals surface area contributed by atoms with E-state index in [1.165, 1.54) is 7.11 Å². The lowest BCUT2D eigenvalue weighted by molar-refractivity contribution is -0.118. The molecule has 0 radical (unpaired) electrons. The van der Waals surface area contributed by atoms with Gasteiger partial charge in [0.2, 0.25) is 5.91 Å². The molecule has 1 unspecified atom stereocenters. The van der Waals surface area contributed by atoms with Crippen LogP contribution in [0.25, 0.3) is 0 Å². The van der Waals surface area contributed by atoms with Crippen LogP contribution in [0.3, 0.4) is 0 Å². The van der Waals surface area contributed by atoms with Gasteiger partial charge in [0.25, 0.3) is 0 Å². The Kier molecular flexibility index (Phi) is 3.14. The van der Waals surface area contributed by atoms with Gasteiger partial charge in [0.15, 0.2) is 0 Å². The fourth-order valence-electron chi connectivity index (χ4n) is 1.48. The molecule has 1 aliphatic rings.